The third-order valence-corrected chi connectivity index (χ3v) is 4.80. The minimum absolute atomic E-state index is 0.0798. The number of aromatic nitrogens is 2. The van der Waals surface area contributed by atoms with Crippen LogP contribution in [-0.4, -0.2) is 43.7 Å². The molecule has 0 saturated carbocycles. The molecule has 162 valence electrons. The van der Waals surface area contributed by atoms with Gasteiger partial charge >= 0.3 is 12.2 Å². The van der Waals surface area contributed by atoms with Crippen molar-refractivity contribution < 1.29 is 23.9 Å². The van der Waals surface area contributed by atoms with E-state index in [1.54, 1.807) is 66.1 Å². The summed E-state index contributed by atoms with van der Waals surface area (Å²) < 4.78 is 12.4. The van der Waals surface area contributed by atoms with E-state index in [4.69, 9.17) is 9.47 Å². The summed E-state index contributed by atoms with van der Waals surface area (Å²) in [6.45, 7) is 10.4. The van der Waals surface area contributed by atoms with Gasteiger partial charge in [-0.25, -0.2) is 19.1 Å². The summed E-state index contributed by atoms with van der Waals surface area (Å²) >= 11 is 0. The molecule has 1 aromatic carbocycles. The van der Waals surface area contributed by atoms with Gasteiger partial charge in [-0.05, 0) is 47.6 Å². The van der Waals surface area contributed by atoms with Crippen LogP contribution in [0.3, 0.4) is 0 Å². The van der Waals surface area contributed by atoms with Gasteiger partial charge in [-0.15, -0.1) is 0 Å². The maximum Gasteiger partial charge on any atom is 0.419 e. The van der Waals surface area contributed by atoms with Gasteiger partial charge < -0.3 is 9.47 Å². The maximum atomic E-state index is 13.2. The van der Waals surface area contributed by atoms with Crippen molar-refractivity contribution in [2.45, 2.75) is 59.3 Å². The zero-order chi connectivity index (χ0) is 22.7. The van der Waals surface area contributed by atoms with E-state index >= 15 is 0 Å². The standard InChI is InChI=1S/C23H25N3O5/c1-22(2,3)30-20(28)25-12-16-17(19(25)27)15-8-7-13-11-24-10-9-14(13)18(15)26(16)21(29)31-23(4,5)6/h7-11H,12H2,1-6H3. The summed E-state index contributed by atoms with van der Waals surface area (Å²) in [5.41, 5.74) is -0.206. The lowest BCUT2D eigenvalue weighted by Crippen LogP contribution is -2.37. The molecule has 4 rings (SSSR count). The molecule has 0 unspecified atom stereocenters. The number of carbonyl (C=O) groups is 3. The highest BCUT2D eigenvalue weighted by Crippen LogP contribution is 2.38. The van der Waals surface area contributed by atoms with E-state index in [2.05, 4.69) is 4.98 Å². The van der Waals surface area contributed by atoms with E-state index in [1.165, 1.54) is 4.57 Å². The molecule has 8 nitrogen and oxygen atoms in total. The second-order valence-corrected chi connectivity index (χ2v) is 9.57. The molecule has 3 aromatic rings. The van der Waals surface area contributed by atoms with Gasteiger partial charge in [0.25, 0.3) is 5.91 Å². The number of hydrogen-bond acceptors (Lipinski definition) is 6. The largest absolute Gasteiger partial charge is 0.443 e. The summed E-state index contributed by atoms with van der Waals surface area (Å²) in [5, 5.41) is 2.17. The molecule has 3 heterocycles. The first-order valence-corrected chi connectivity index (χ1v) is 10.1. The molecular weight excluding hydrogens is 398 g/mol. The van der Waals surface area contributed by atoms with Crippen molar-refractivity contribution in [1.29, 1.82) is 0 Å². The second-order valence-electron chi connectivity index (χ2n) is 9.57. The number of benzene rings is 1. The molecule has 0 fully saturated rings. The van der Waals surface area contributed by atoms with Crippen LogP contribution in [0, 0.1) is 0 Å². The molecule has 0 aliphatic carbocycles. The lowest BCUT2D eigenvalue weighted by atomic mass is 10.1. The SMILES string of the molecule is CC(C)(C)OC(=O)N1Cc2c(c3ccc4cnccc4c3n2C(=O)OC(C)(C)C)C1=O. The van der Waals surface area contributed by atoms with E-state index in [0.29, 0.717) is 22.2 Å². The third kappa shape index (κ3) is 3.62. The van der Waals surface area contributed by atoms with Gasteiger partial charge in [0.05, 0.1) is 23.3 Å². The highest BCUT2D eigenvalue weighted by Gasteiger charge is 2.41. The highest BCUT2D eigenvalue weighted by atomic mass is 16.6. The number of hydrogen-bond donors (Lipinski definition) is 0. The number of imide groups is 1. The van der Waals surface area contributed by atoms with Crippen LogP contribution in [0.4, 0.5) is 9.59 Å². The minimum Gasteiger partial charge on any atom is -0.443 e. The van der Waals surface area contributed by atoms with E-state index in [9.17, 15) is 14.4 Å². The van der Waals surface area contributed by atoms with Crippen molar-refractivity contribution >= 4 is 39.8 Å². The fourth-order valence-corrected chi connectivity index (χ4v) is 3.72. The smallest absolute Gasteiger partial charge is 0.419 e. The molecule has 0 atom stereocenters. The van der Waals surface area contributed by atoms with Gasteiger partial charge in [0, 0.05) is 28.6 Å². The number of amides is 2. The minimum atomic E-state index is -0.754. The summed E-state index contributed by atoms with van der Waals surface area (Å²) in [5.74, 6) is -0.495. The van der Waals surface area contributed by atoms with Crippen LogP contribution < -0.4 is 0 Å². The zero-order valence-corrected chi connectivity index (χ0v) is 18.5. The van der Waals surface area contributed by atoms with Crippen LogP contribution in [0.15, 0.2) is 30.6 Å². The Balaban J connectivity index is 1.93. The van der Waals surface area contributed by atoms with E-state index in [0.717, 1.165) is 15.7 Å². The number of rotatable bonds is 0. The van der Waals surface area contributed by atoms with Crippen LogP contribution in [0.2, 0.25) is 0 Å². The Bertz CT molecular complexity index is 1240. The van der Waals surface area contributed by atoms with Crippen molar-refractivity contribution in [3.05, 3.63) is 41.9 Å². The van der Waals surface area contributed by atoms with Crippen LogP contribution in [0.25, 0.3) is 21.7 Å². The lowest BCUT2D eigenvalue weighted by molar-refractivity contribution is 0.0241. The first-order valence-electron chi connectivity index (χ1n) is 10.1. The van der Waals surface area contributed by atoms with Crippen molar-refractivity contribution in [1.82, 2.24) is 14.5 Å². The lowest BCUT2D eigenvalue weighted by Gasteiger charge is -2.24. The first kappa shape index (κ1) is 20.8. The van der Waals surface area contributed by atoms with Gasteiger partial charge in [-0.3, -0.25) is 9.78 Å². The van der Waals surface area contributed by atoms with Crippen LogP contribution in [0.1, 0.15) is 57.6 Å². The van der Waals surface area contributed by atoms with Crippen LogP contribution in [-0.2, 0) is 16.0 Å². The van der Waals surface area contributed by atoms with Crippen molar-refractivity contribution in [2.75, 3.05) is 0 Å². The van der Waals surface area contributed by atoms with Gasteiger partial charge in [0.2, 0.25) is 0 Å². The van der Waals surface area contributed by atoms with E-state index < -0.39 is 29.3 Å². The maximum absolute atomic E-state index is 13.2. The molecule has 0 saturated heterocycles. The molecule has 2 amide bonds. The average molecular weight is 423 g/mol. The fourth-order valence-electron chi connectivity index (χ4n) is 3.72. The molecule has 0 bridgehead atoms. The Kier molecular flexibility index (Phi) is 4.57. The molecule has 8 heteroatoms. The molecule has 0 N–H and O–H groups in total. The topological polar surface area (TPSA) is 90.7 Å². The average Bonchev–Trinajstić information content (AvgIpc) is 3.13. The Morgan fingerprint density at radius 3 is 2.23 bits per heavy atom. The number of fused-ring (bicyclic) bond motifs is 5. The number of pyridine rings is 1. The Labute approximate surface area is 179 Å². The van der Waals surface area contributed by atoms with Crippen LogP contribution in [0.5, 0.6) is 0 Å². The zero-order valence-electron chi connectivity index (χ0n) is 18.5. The number of carbonyl (C=O) groups excluding carboxylic acids is 3. The normalized spacial score (nSPS) is 14.3. The molecule has 1 aliphatic rings. The predicted octanol–water partition coefficient (Wildman–Crippen LogP) is 4.86. The van der Waals surface area contributed by atoms with Crippen molar-refractivity contribution in [3.8, 4) is 0 Å². The summed E-state index contributed by atoms with van der Waals surface area (Å²) in [6.07, 6.45) is 1.97. The molecule has 2 aromatic heterocycles. The van der Waals surface area contributed by atoms with Gasteiger partial charge in [0.15, 0.2) is 0 Å². The van der Waals surface area contributed by atoms with Crippen LogP contribution >= 0.6 is 0 Å². The summed E-state index contributed by atoms with van der Waals surface area (Å²) in [4.78, 5) is 44.3. The van der Waals surface area contributed by atoms with Crippen molar-refractivity contribution in [2.24, 2.45) is 0 Å². The molecule has 0 spiro atoms. The fraction of sp³-hybridized carbons (Fsp3) is 0.391. The van der Waals surface area contributed by atoms with Gasteiger partial charge in [0.1, 0.15) is 11.2 Å². The van der Waals surface area contributed by atoms with E-state index in [-0.39, 0.29) is 6.54 Å². The molecule has 31 heavy (non-hydrogen) atoms. The summed E-state index contributed by atoms with van der Waals surface area (Å²) in [6, 6.07) is 5.41. The Morgan fingerprint density at radius 2 is 1.58 bits per heavy atom. The van der Waals surface area contributed by atoms with Gasteiger partial charge in [-0.1, -0.05) is 12.1 Å². The number of nitrogens with zero attached hydrogens (tertiary/aromatic N) is 3. The number of ether oxygens (including phenoxy) is 2. The Hall–Kier alpha value is -3.42. The first-order chi connectivity index (χ1) is 14.4. The summed E-state index contributed by atoms with van der Waals surface area (Å²) in [7, 11) is 0. The molecule has 0 radical (unpaired) electrons. The van der Waals surface area contributed by atoms with E-state index in [1.807, 2.05) is 6.07 Å². The quantitative estimate of drug-likeness (QED) is 0.513. The second kappa shape index (κ2) is 6.80. The van der Waals surface area contributed by atoms with Crippen molar-refractivity contribution in [3.63, 3.8) is 0 Å². The molecule has 1 aliphatic heterocycles. The third-order valence-electron chi connectivity index (χ3n) is 4.80. The van der Waals surface area contributed by atoms with Gasteiger partial charge in [-0.2, -0.15) is 0 Å². The Morgan fingerprint density at radius 1 is 0.935 bits per heavy atom. The molecular formula is C23H25N3O5. The highest BCUT2D eigenvalue weighted by molar-refractivity contribution is 6.21. The monoisotopic (exact) mass is 423 g/mol. The predicted molar refractivity (Wildman–Crippen MR) is 115 cm³/mol.